The molecule has 0 N–H and O–H groups in total. The molecular formula is C15H16N2O4. The van der Waals surface area contributed by atoms with Gasteiger partial charge in [0.25, 0.3) is 0 Å². The van der Waals surface area contributed by atoms with Gasteiger partial charge in [-0.1, -0.05) is 18.2 Å². The van der Waals surface area contributed by atoms with Crippen molar-refractivity contribution in [3.8, 4) is 6.19 Å². The van der Waals surface area contributed by atoms with Crippen molar-refractivity contribution in [1.82, 2.24) is 0 Å². The van der Waals surface area contributed by atoms with Gasteiger partial charge in [-0.3, -0.25) is 0 Å². The summed E-state index contributed by atoms with van der Waals surface area (Å²) in [4.78, 5) is 24.6. The molecule has 21 heavy (non-hydrogen) atoms. The molecule has 0 aliphatic carbocycles. The van der Waals surface area contributed by atoms with E-state index in [1.54, 1.807) is 44.2 Å². The Bertz CT molecular complexity index is 561. The highest BCUT2D eigenvalue weighted by molar-refractivity contribution is 6.00. The lowest BCUT2D eigenvalue weighted by Crippen LogP contribution is -2.25. The Morgan fingerprint density at radius 2 is 1.81 bits per heavy atom. The predicted molar refractivity (Wildman–Crippen MR) is 75.9 cm³/mol. The lowest BCUT2D eigenvalue weighted by molar-refractivity contribution is -0.141. The summed E-state index contributed by atoms with van der Waals surface area (Å²) in [5, 5.41) is 9.28. The first kappa shape index (κ1) is 16.2. The van der Waals surface area contributed by atoms with Gasteiger partial charge in [-0.25, -0.2) is 14.5 Å². The van der Waals surface area contributed by atoms with Crippen LogP contribution in [0.3, 0.4) is 0 Å². The number of ether oxygens (including phenoxy) is 2. The zero-order valence-electron chi connectivity index (χ0n) is 11.9. The summed E-state index contributed by atoms with van der Waals surface area (Å²) in [6, 6.07) is 8.49. The molecule has 1 rings (SSSR count). The number of nitrogens with zero attached hydrogens (tertiary/aromatic N) is 2. The topological polar surface area (TPSA) is 79.6 Å². The molecule has 6 heteroatoms. The smallest absolute Gasteiger partial charge is 0.356 e. The second kappa shape index (κ2) is 8.38. The highest BCUT2D eigenvalue weighted by Gasteiger charge is 2.22. The minimum Gasteiger partial charge on any atom is -0.463 e. The SMILES string of the molecule is CCOC(=O)C=C(C(=O)OCC)N(C#N)c1ccccc1. The molecule has 0 radical (unpaired) electrons. The lowest BCUT2D eigenvalue weighted by Gasteiger charge is -2.17. The van der Waals surface area contributed by atoms with Crippen molar-refractivity contribution in [2.45, 2.75) is 13.8 Å². The van der Waals surface area contributed by atoms with Crippen molar-refractivity contribution in [1.29, 1.82) is 5.26 Å². The van der Waals surface area contributed by atoms with Crippen LogP contribution in [-0.4, -0.2) is 25.2 Å². The number of para-hydroxylation sites is 1. The van der Waals surface area contributed by atoms with E-state index in [2.05, 4.69) is 0 Å². The molecule has 0 atom stereocenters. The van der Waals surface area contributed by atoms with Gasteiger partial charge in [-0.05, 0) is 26.0 Å². The largest absolute Gasteiger partial charge is 0.463 e. The quantitative estimate of drug-likeness (QED) is 0.345. The number of carbonyl (C=O) groups excluding carboxylic acids is 2. The van der Waals surface area contributed by atoms with Crippen molar-refractivity contribution >= 4 is 17.6 Å². The van der Waals surface area contributed by atoms with E-state index in [1.807, 2.05) is 6.19 Å². The van der Waals surface area contributed by atoms with E-state index in [9.17, 15) is 14.9 Å². The van der Waals surface area contributed by atoms with E-state index >= 15 is 0 Å². The van der Waals surface area contributed by atoms with E-state index in [-0.39, 0.29) is 18.9 Å². The fourth-order valence-corrected chi connectivity index (χ4v) is 1.54. The maximum absolute atomic E-state index is 12.0. The van der Waals surface area contributed by atoms with Crippen LogP contribution in [-0.2, 0) is 19.1 Å². The van der Waals surface area contributed by atoms with Crippen LogP contribution in [0.25, 0.3) is 0 Å². The van der Waals surface area contributed by atoms with E-state index in [1.165, 1.54) is 0 Å². The zero-order valence-corrected chi connectivity index (χ0v) is 11.9. The number of benzene rings is 1. The Morgan fingerprint density at radius 3 is 2.33 bits per heavy atom. The van der Waals surface area contributed by atoms with Gasteiger partial charge in [0.15, 0.2) is 6.19 Å². The highest BCUT2D eigenvalue weighted by atomic mass is 16.5. The average molecular weight is 288 g/mol. The van der Waals surface area contributed by atoms with Gasteiger partial charge in [0.2, 0.25) is 0 Å². The molecule has 0 aliphatic rings. The highest BCUT2D eigenvalue weighted by Crippen LogP contribution is 2.19. The summed E-state index contributed by atoms with van der Waals surface area (Å²) >= 11 is 0. The third-order valence-corrected chi connectivity index (χ3v) is 2.38. The van der Waals surface area contributed by atoms with Crippen molar-refractivity contribution in [3.05, 3.63) is 42.1 Å². The molecule has 110 valence electrons. The van der Waals surface area contributed by atoms with Gasteiger partial charge in [-0.15, -0.1) is 0 Å². The summed E-state index contributed by atoms with van der Waals surface area (Å²) in [5.74, 6) is -1.48. The van der Waals surface area contributed by atoms with Gasteiger partial charge >= 0.3 is 11.9 Å². The van der Waals surface area contributed by atoms with E-state index in [0.29, 0.717) is 5.69 Å². The van der Waals surface area contributed by atoms with Crippen LogP contribution in [0.15, 0.2) is 42.1 Å². The molecule has 1 aromatic carbocycles. The molecule has 0 bridgehead atoms. The van der Waals surface area contributed by atoms with Gasteiger partial charge in [0.05, 0.1) is 25.0 Å². The van der Waals surface area contributed by atoms with Gasteiger partial charge < -0.3 is 9.47 Å². The molecule has 0 spiro atoms. The first-order valence-electron chi connectivity index (χ1n) is 6.44. The Kier molecular flexibility index (Phi) is 6.48. The molecule has 0 amide bonds. The molecule has 0 saturated carbocycles. The molecular weight excluding hydrogens is 272 g/mol. The Morgan fingerprint density at radius 1 is 1.19 bits per heavy atom. The van der Waals surface area contributed by atoms with Crippen LogP contribution in [0.4, 0.5) is 5.69 Å². The van der Waals surface area contributed by atoms with Crippen LogP contribution in [0.2, 0.25) is 0 Å². The Balaban J connectivity index is 3.18. The second-order valence-electron chi connectivity index (χ2n) is 3.77. The first-order chi connectivity index (χ1) is 10.1. The fourth-order valence-electron chi connectivity index (χ4n) is 1.54. The minimum absolute atomic E-state index is 0.132. The van der Waals surface area contributed by atoms with Crippen molar-refractivity contribution in [2.75, 3.05) is 18.1 Å². The standard InChI is InChI=1S/C15H16N2O4/c1-3-20-14(18)10-13(15(19)21-4-2)17(11-16)12-8-6-5-7-9-12/h5-10H,3-4H2,1-2H3. The molecule has 0 aromatic heterocycles. The first-order valence-corrected chi connectivity index (χ1v) is 6.44. The molecule has 0 saturated heterocycles. The van der Waals surface area contributed by atoms with Crippen LogP contribution in [0.5, 0.6) is 0 Å². The molecule has 0 unspecified atom stereocenters. The van der Waals surface area contributed by atoms with Gasteiger partial charge in [0.1, 0.15) is 5.70 Å². The molecule has 0 fully saturated rings. The maximum atomic E-state index is 12.0. The van der Waals surface area contributed by atoms with Crippen molar-refractivity contribution in [2.24, 2.45) is 0 Å². The second-order valence-corrected chi connectivity index (χ2v) is 3.77. The summed E-state index contributed by atoms with van der Waals surface area (Å²) in [5.41, 5.74) is 0.257. The number of esters is 2. The van der Waals surface area contributed by atoms with E-state index in [4.69, 9.17) is 9.47 Å². The Labute approximate surface area is 123 Å². The van der Waals surface area contributed by atoms with Crippen molar-refractivity contribution < 1.29 is 19.1 Å². The summed E-state index contributed by atoms with van der Waals surface area (Å²) in [6.07, 6.45) is 2.82. The number of anilines is 1. The molecule has 1 aromatic rings. The van der Waals surface area contributed by atoms with Crippen LogP contribution in [0.1, 0.15) is 13.8 Å². The van der Waals surface area contributed by atoms with Crippen molar-refractivity contribution in [3.63, 3.8) is 0 Å². The molecule has 0 aliphatic heterocycles. The number of rotatable bonds is 6. The third kappa shape index (κ3) is 4.66. The number of hydrogen-bond acceptors (Lipinski definition) is 6. The summed E-state index contributed by atoms with van der Waals surface area (Å²) in [7, 11) is 0. The number of nitriles is 1. The monoisotopic (exact) mass is 288 g/mol. The maximum Gasteiger partial charge on any atom is 0.356 e. The predicted octanol–water partition coefficient (Wildman–Crippen LogP) is 1.98. The Hall–Kier alpha value is -2.81. The normalized spacial score (nSPS) is 10.4. The van der Waals surface area contributed by atoms with E-state index in [0.717, 1.165) is 11.0 Å². The average Bonchev–Trinajstić information content (AvgIpc) is 2.48. The summed E-state index contributed by atoms with van der Waals surface area (Å²) in [6.45, 7) is 3.59. The fraction of sp³-hybridized carbons (Fsp3) is 0.267. The van der Waals surface area contributed by atoms with Crippen LogP contribution < -0.4 is 4.90 Å². The third-order valence-electron chi connectivity index (χ3n) is 2.38. The summed E-state index contributed by atoms with van der Waals surface area (Å²) < 4.78 is 9.65. The van der Waals surface area contributed by atoms with Gasteiger partial charge in [-0.2, -0.15) is 5.26 Å². The molecule has 0 heterocycles. The van der Waals surface area contributed by atoms with Crippen LogP contribution >= 0.6 is 0 Å². The minimum atomic E-state index is -0.768. The van der Waals surface area contributed by atoms with Gasteiger partial charge in [0, 0.05) is 0 Å². The zero-order chi connectivity index (χ0) is 15.7. The number of carbonyl (C=O) groups is 2. The molecule has 6 nitrogen and oxygen atoms in total. The van der Waals surface area contributed by atoms with Crippen LogP contribution in [0, 0.1) is 11.5 Å². The number of hydrogen-bond donors (Lipinski definition) is 0. The van der Waals surface area contributed by atoms with E-state index < -0.39 is 11.9 Å². The lowest BCUT2D eigenvalue weighted by atomic mass is 10.2.